The molecule has 5 heteroatoms. The number of benzene rings is 1. The van der Waals surface area contributed by atoms with Crippen LogP contribution in [0.1, 0.15) is 18.4 Å². The van der Waals surface area contributed by atoms with E-state index < -0.39 is 0 Å². The Hall–Kier alpha value is -0.910. The summed E-state index contributed by atoms with van der Waals surface area (Å²) in [5, 5.41) is 0. The zero-order valence-corrected chi connectivity index (χ0v) is 14.6. The lowest BCUT2D eigenvalue weighted by atomic mass is 10.2. The number of amides is 1. The van der Waals surface area contributed by atoms with Gasteiger partial charge in [-0.15, -0.1) is 0 Å². The monoisotopic (exact) mass is 365 g/mol. The van der Waals surface area contributed by atoms with Crippen LogP contribution in [-0.2, 0) is 11.3 Å². The molecule has 2 aliphatic heterocycles. The van der Waals surface area contributed by atoms with Crippen molar-refractivity contribution in [3.63, 3.8) is 0 Å². The van der Waals surface area contributed by atoms with Crippen molar-refractivity contribution in [3.05, 3.63) is 34.3 Å². The van der Waals surface area contributed by atoms with Crippen molar-refractivity contribution in [2.75, 3.05) is 45.8 Å². The number of carbonyl (C=O) groups excluding carboxylic acids is 1. The fraction of sp³-hybridized carbons (Fsp3) is 0.588. The molecule has 0 aliphatic carbocycles. The van der Waals surface area contributed by atoms with E-state index in [-0.39, 0.29) is 0 Å². The van der Waals surface area contributed by atoms with Crippen molar-refractivity contribution in [3.8, 4) is 0 Å². The van der Waals surface area contributed by atoms with E-state index in [0.717, 1.165) is 50.3 Å². The molecule has 2 saturated heterocycles. The van der Waals surface area contributed by atoms with Gasteiger partial charge in [-0.1, -0.05) is 28.1 Å². The molecule has 0 unspecified atom stereocenters. The van der Waals surface area contributed by atoms with E-state index in [0.29, 0.717) is 12.5 Å². The molecule has 0 N–H and O–H groups in total. The number of rotatable bonds is 4. The molecule has 2 heterocycles. The molecule has 0 spiro atoms. The van der Waals surface area contributed by atoms with Crippen LogP contribution in [0.5, 0.6) is 0 Å². The molecule has 1 aromatic rings. The number of hydrogen-bond acceptors (Lipinski definition) is 3. The third kappa shape index (κ3) is 4.31. The second-order valence-electron chi connectivity index (χ2n) is 6.27. The van der Waals surface area contributed by atoms with Crippen molar-refractivity contribution in [2.24, 2.45) is 0 Å². The number of piperazine rings is 1. The van der Waals surface area contributed by atoms with E-state index in [1.165, 1.54) is 18.4 Å². The summed E-state index contributed by atoms with van der Waals surface area (Å²) in [6.45, 7) is 7.43. The van der Waals surface area contributed by atoms with Crippen molar-refractivity contribution < 1.29 is 4.79 Å². The molecule has 2 fully saturated rings. The normalized spacial score (nSPS) is 20.5. The number of halogens is 1. The van der Waals surface area contributed by atoms with Crippen LogP contribution < -0.4 is 0 Å². The lowest BCUT2D eigenvalue weighted by Crippen LogP contribution is -2.50. The lowest BCUT2D eigenvalue weighted by Gasteiger charge is -2.35. The number of hydrogen-bond donors (Lipinski definition) is 0. The van der Waals surface area contributed by atoms with Crippen LogP contribution in [0.4, 0.5) is 0 Å². The molecule has 2 aliphatic rings. The van der Waals surface area contributed by atoms with Crippen LogP contribution in [0.2, 0.25) is 0 Å². The predicted molar refractivity (Wildman–Crippen MR) is 91.7 cm³/mol. The highest BCUT2D eigenvalue weighted by Gasteiger charge is 2.23. The molecule has 0 bridgehead atoms. The molecular weight excluding hydrogens is 342 g/mol. The molecule has 4 nitrogen and oxygen atoms in total. The average molecular weight is 366 g/mol. The zero-order valence-electron chi connectivity index (χ0n) is 13.0. The molecule has 0 aromatic heterocycles. The Bertz CT molecular complexity index is 508. The van der Waals surface area contributed by atoms with E-state index in [1.54, 1.807) is 0 Å². The summed E-state index contributed by atoms with van der Waals surface area (Å²) in [4.78, 5) is 19.1. The third-order valence-corrected chi connectivity index (χ3v) is 5.07. The predicted octanol–water partition coefficient (Wildman–Crippen LogP) is 2.19. The number of nitrogens with zero attached hydrogens (tertiary/aromatic N) is 3. The first-order valence-electron chi connectivity index (χ1n) is 8.18. The largest absolute Gasteiger partial charge is 0.339 e. The number of carbonyl (C=O) groups is 1. The molecule has 120 valence electrons. The summed E-state index contributed by atoms with van der Waals surface area (Å²) in [5.41, 5.74) is 1.33. The Balaban J connectivity index is 1.44. The summed E-state index contributed by atoms with van der Waals surface area (Å²) < 4.78 is 1.13. The van der Waals surface area contributed by atoms with Crippen LogP contribution >= 0.6 is 15.9 Å². The van der Waals surface area contributed by atoms with Crippen LogP contribution in [0, 0.1) is 0 Å². The first-order chi connectivity index (χ1) is 10.7. The molecule has 22 heavy (non-hydrogen) atoms. The maximum absolute atomic E-state index is 12.3. The Kier molecular flexibility index (Phi) is 5.50. The van der Waals surface area contributed by atoms with E-state index >= 15 is 0 Å². The summed E-state index contributed by atoms with van der Waals surface area (Å²) in [5.74, 6) is 0.309. The fourth-order valence-electron chi connectivity index (χ4n) is 3.28. The molecule has 0 atom stereocenters. The molecule has 0 saturated carbocycles. The van der Waals surface area contributed by atoms with Gasteiger partial charge in [0.1, 0.15) is 0 Å². The van der Waals surface area contributed by atoms with Gasteiger partial charge in [0, 0.05) is 37.2 Å². The highest BCUT2D eigenvalue weighted by atomic mass is 79.9. The topological polar surface area (TPSA) is 26.8 Å². The maximum atomic E-state index is 12.3. The van der Waals surface area contributed by atoms with Gasteiger partial charge in [-0.25, -0.2) is 0 Å². The molecule has 1 amide bonds. The van der Waals surface area contributed by atoms with Gasteiger partial charge in [-0.2, -0.15) is 0 Å². The molecule has 0 radical (unpaired) electrons. The second-order valence-corrected chi connectivity index (χ2v) is 7.19. The third-order valence-electron chi connectivity index (χ3n) is 4.58. The minimum absolute atomic E-state index is 0.309. The SMILES string of the molecule is O=C(CN1CCCC1)N1CCN(Cc2cccc(Br)c2)CC1. The van der Waals surface area contributed by atoms with E-state index in [2.05, 4.69) is 50.0 Å². The quantitative estimate of drug-likeness (QED) is 0.818. The van der Waals surface area contributed by atoms with Crippen LogP contribution in [0.3, 0.4) is 0 Å². The van der Waals surface area contributed by atoms with Crippen molar-refractivity contribution in [1.29, 1.82) is 0 Å². The summed E-state index contributed by atoms with van der Waals surface area (Å²) in [6, 6.07) is 8.47. The first-order valence-corrected chi connectivity index (χ1v) is 8.97. The fourth-order valence-corrected chi connectivity index (χ4v) is 3.73. The van der Waals surface area contributed by atoms with Gasteiger partial charge in [-0.05, 0) is 43.6 Å². The highest BCUT2D eigenvalue weighted by Crippen LogP contribution is 2.15. The Labute approximate surface area is 141 Å². The smallest absolute Gasteiger partial charge is 0.236 e. The minimum atomic E-state index is 0.309. The van der Waals surface area contributed by atoms with Gasteiger partial charge in [0.25, 0.3) is 0 Å². The minimum Gasteiger partial charge on any atom is -0.339 e. The first kappa shape index (κ1) is 16.0. The van der Waals surface area contributed by atoms with Gasteiger partial charge in [0.05, 0.1) is 6.54 Å². The van der Waals surface area contributed by atoms with Crippen LogP contribution in [0.25, 0.3) is 0 Å². The standard InChI is InChI=1S/C17H24BrN3O/c18-16-5-3-4-15(12-16)13-20-8-10-21(11-9-20)17(22)14-19-6-1-2-7-19/h3-5,12H,1-2,6-11,13-14H2. The summed E-state index contributed by atoms with van der Waals surface area (Å²) in [7, 11) is 0. The maximum Gasteiger partial charge on any atom is 0.236 e. The van der Waals surface area contributed by atoms with Gasteiger partial charge < -0.3 is 4.90 Å². The number of likely N-dealkylation sites (tertiary alicyclic amines) is 1. The van der Waals surface area contributed by atoms with Crippen molar-refractivity contribution in [2.45, 2.75) is 19.4 Å². The van der Waals surface area contributed by atoms with Gasteiger partial charge in [-0.3, -0.25) is 14.6 Å². The van der Waals surface area contributed by atoms with E-state index in [1.807, 2.05) is 4.90 Å². The zero-order chi connectivity index (χ0) is 15.4. The molecular formula is C17H24BrN3O. The lowest BCUT2D eigenvalue weighted by molar-refractivity contribution is -0.134. The van der Waals surface area contributed by atoms with Gasteiger partial charge >= 0.3 is 0 Å². The van der Waals surface area contributed by atoms with Gasteiger partial charge in [0.15, 0.2) is 0 Å². The Morgan fingerprint density at radius 1 is 1.00 bits per heavy atom. The molecule has 3 rings (SSSR count). The molecule has 1 aromatic carbocycles. The summed E-state index contributed by atoms with van der Waals surface area (Å²) in [6.07, 6.45) is 2.49. The van der Waals surface area contributed by atoms with Gasteiger partial charge in [0.2, 0.25) is 5.91 Å². The van der Waals surface area contributed by atoms with E-state index in [4.69, 9.17) is 0 Å². The van der Waals surface area contributed by atoms with Crippen molar-refractivity contribution in [1.82, 2.24) is 14.7 Å². The van der Waals surface area contributed by atoms with Crippen LogP contribution in [0.15, 0.2) is 28.7 Å². The second kappa shape index (κ2) is 7.57. The van der Waals surface area contributed by atoms with Crippen molar-refractivity contribution >= 4 is 21.8 Å². The highest BCUT2D eigenvalue weighted by molar-refractivity contribution is 9.10. The Morgan fingerprint density at radius 3 is 2.41 bits per heavy atom. The Morgan fingerprint density at radius 2 is 1.73 bits per heavy atom. The van der Waals surface area contributed by atoms with E-state index in [9.17, 15) is 4.79 Å². The van der Waals surface area contributed by atoms with Crippen LogP contribution in [-0.4, -0.2) is 66.4 Å². The average Bonchev–Trinajstić information content (AvgIpc) is 3.01. The summed E-state index contributed by atoms with van der Waals surface area (Å²) >= 11 is 3.52.